The maximum absolute atomic E-state index is 6.13. The van der Waals surface area contributed by atoms with Crippen LogP contribution in [0.2, 0.25) is 5.02 Å². The Morgan fingerprint density at radius 3 is 2.76 bits per heavy atom. The van der Waals surface area contributed by atoms with Crippen LogP contribution in [0.4, 0.5) is 0 Å². The highest BCUT2D eigenvalue weighted by molar-refractivity contribution is 9.10. The van der Waals surface area contributed by atoms with Crippen LogP contribution in [-0.2, 0) is 0 Å². The Kier molecular flexibility index (Phi) is 6.03. The van der Waals surface area contributed by atoms with Gasteiger partial charge in [0.25, 0.3) is 0 Å². The average Bonchev–Trinajstić information content (AvgIpc) is 2.48. The van der Waals surface area contributed by atoms with Crippen LogP contribution in [0.5, 0.6) is 11.5 Å². The third-order valence-electron chi connectivity index (χ3n) is 3.03. The molecule has 1 aromatic heterocycles. The van der Waals surface area contributed by atoms with Crippen molar-refractivity contribution in [2.45, 2.75) is 26.3 Å². The number of hydrogen-bond donors (Lipinski definition) is 1. The second-order valence-electron chi connectivity index (χ2n) is 4.77. The molecule has 0 radical (unpaired) electrons. The lowest BCUT2D eigenvalue weighted by Gasteiger charge is -2.13. The van der Waals surface area contributed by atoms with Gasteiger partial charge in [-0.05, 0) is 50.2 Å². The molecule has 0 aliphatic rings. The summed E-state index contributed by atoms with van der Waals surface area (Å²) in [6.07, 6.45) is 2.82. The van der Waals surface area contributed by atoms with Gasteiger partial charge in [-0.1, -0.05) is 34.5 Å². The molecule has 2 rings (SSSR count). The summed E-state index contributed by atoms with van der Waals surface area (Å²) in [6.45, 7) is 5.23. The van der Waals surface area contributed by atoms with Crippen molar-refractivity contribution < 1.29 is 4.74 Å². The fourth-order valence-electron chi connectivity index (χ4n) is 1.86. The van der Waals surface area contributed by atoms with Crippen LogP contribution in [0, 0.1) is 0 Å². The van der Waals surface area contributed by atoms with E-state index in [9.17, 15) is 0 Å². The highest BCUT2D eigenvalue weighted by atomic mass is 79.9. The Morgan fingerprint density at radius 1 is 1.33 bits per heavy atom. The second kappa shape index (κ2) is 7.78. The van der Waals surface area contributed by atoms with E-state index in [1.54, 1.807) is 12.3 Å². The molecule has 112 valence electrons. The number of rotatable bonds is 6. The first kappa shape index (κ1) is 16.3. The van der Waals surface area contributed by atoms with E-state index in [0.29, 0.717) is 16.5 Å². The zero-order valence-electron chi connectivity index (χ0n) is 12.1. The fraction of sp³-hybridized carbons (Fsp3) is 0.312. The molecular weight excluding hydrogens is 352 g/mol. The lowest BCUT2D eigenvalue weighted by atomic mass is 10.2. The van der Waals surface area contributed by atoms with Gasteiger partial charge in [0.2, 0.25) is 0 Å². The first-order valence-electron chi connectivity index (χ1n) is 6.92. The standard InChI is InChI=1S/C16H18BrClN2O/c1-3-8-19-11(2)15-6-5-13(10-20-15)21-16-7-4-12(17)9-14(16)18/h4-7,9-11,19H,3,8H2,1-2H3. The predicted molar refractivity (Wildman–Crippen MR) is 90.2 cm³/mol. The number of benzene rings is 1. The van der Waals surface area contributed by atoms with E-state index in [2.05, 4.69) is 40.1 Å². The normalized spacial score (nSPS) is 12.2. The van der Waals surface area contributed by atoms with Crippen LogP contribution in [0.15, 0.2) is 41.0 Å². The average molecular weight is 370 g/mol. The first-order valence-corrected chi connectivity index (χ1v) is 8.09. The summed E-state index contributed by atoms with van der Waals surface area (Å²) in [5.74, 6) is 1.29. The molecule has 21 heavy (non-hydrogen) atoms. The monoisotopic (exact) mass is 368 g/mol. The molecule has 0 aliphatic carbocycles. The number of halogens is 2. The van der Waals surface area contributed by atoms with Crippen LogP contribution in [-0.4, -0.2) is 11.5 Å². The predicted octanol–water partition coefficient (Wildman–Crippen LogP) is 5.35. The molecule has 0 fully saturated rings. The van der Waals surface area contributed by atoms with E-state index < -0.39 is 0 Å². The fourth-order valence-corrected chi connectivity index (χ4v) is 2.57. The molecule has 2 aromatic rings. The number of nitrogens with zero attached hydrogens (tertiary/aromatic N) is 1. The van der Waals surface area contributed by atoms with E-state index in [4.69, 9.17) is 16.3 Å². The minimum Gasteiger partial charge on any atom is -0.454 e. The van der Waals surface area contributed by atoms with Crippen molar-refractivity contribution in [1.29, 1.82) is 0 Å². The largest absolute Gasteiger partial charge is 0.454 e. The zero-order chi connectivity index (χ0) is 15.2. The molecule has 0 bridgehead atoms. The smallest absolute Gasteiger partial charge is 0.146 e. The summed E-state index contributed by atoms with van der Waals surface area (Å²) in [4.78, 5) is 4.44. The van der Waals surface area contributed by atoms with Crippen LogP contribution in [0.1, 0.15) is 32.0 Å². The van der Waals surface area contributed by atoms with Gasteiger partial charge in [0.15, 0.2) is 0 Å². The summed E-state index contributed by atoms with van der Waals surface area (Å²) < 4.78 is 6.66. The number of nitrogens with one attached hydrogen (secondary N) is 1. The highest BCUT2D eigenvalue weighted by Gasteiger charge is 2.07. The van der Waals surface area contributed by atoms with E-state index in [-0.39, 0.29) is 6.04 Å². The number of ether oxygens (including phenoxy) is 1. The van der Waals surface area contributed by atoms with E-state index in [1.807, 2.05) is 24.3 Å². The van der Waals surface area contributed by atoms with E-state index >= 15 is 0 Å². The minimum absolute atomic E-state index is 0.232. The van der Waals surface area contributed by atoms with Crippen molar-refractivity contribution in [1.82, 2.24) is 10.3 Å². The highest BCUT2D eigenvalue weighted by Crippen LogP contribution is 2.31. The second-order valence-corrected chi connectivity index (χ2v) is 6.09. The lowest BCUT2D eigenvalue weighted by Crippen LogP contribution is -2.20. The summed E-state index contributed by atoms with van der Waals surface area (Å²) in [5, 5.41) is 3.96. The van der Waals surface area contributed by atoms with Gasteiger partial charge in [0, 0.05) is 10.5 Å². The number of aromatic nitrogens is 1. The van der Waals surface area contributed by atoms with Crippen LogP contribution in [0.3, 0.4) is 0 Å². The zero-order valence-corrected chi connectivity index (χ0v) is 14.4. The van der Waals surface area contributed by atoms with Gasteiger partial charge in [-0.25, -0.2) is 0 Å². The van der Waals surface area contributed by atoms with Gasteiger partial charge in [-0.3, -0.25) is 4.98 Å². The van der Waals surface area contributed by atoms with Gasteiger partial charge in [-0.15, -0.1) is 0 Å². The molecule has 5 heteroatoms. The Labute approximate surface area is 138 Å². The maximum Gasteiger partial charge on any atom is 0.146 e. The minimum atomic E-state index is 0.232. The Bertz CT molecular complexity index is 589. The van der Waals surface area contributed by atoms with Gasteiger partial charge >= 0.3 is 0 Å². The Morgan fingerprint density at radius 2 is 2.14 bits per heavy atom. The van der Waals surface area contributed by atoms with Gasteiger partial charge in [-0.2, -0.15) is 0 Å². The molecule has 1 unspecified atom stereocenters. The summed E-state index contributed by atoms with van der Waals surface area (Å²) >= 11 is 9.50. The maximum atomic E-state index is 6.13. The molecule has 1 aromatic carbocycles. The van der Waals surface area contributed by atoms with Crippen LogP contribution < -0.4 is 10.1 Å². The SMILES string of the molecule is CCCNC(C)c1ccc(Oc2ccc(Br)cc2Cl)cn1. The Balaban J connectivity index is 2.05. The van der Waals surface area contributed by atoms with Crippen molar-refractivity contribution in [2.24, 2.45) is 0 Å². The lowest BCUT2D eigenvalue weighted by molar-refractivity contribution is 0.478. The first-order chi connectivity index (χ1) is 10.1. The molecule has 0 saturated carbocycles. The molecule has 1 atom stereocenters. The van der Waals surface area contributed by atoms with Crippen molar-refractivity contribution in [3.05, 3.63) is 51.7 Å². The van der Waals surface area contributed by atoms with Crippen molar-refractivity contribution in [3.63, 3.8) is 0 Å². The van der Waals surface area contributed by atoms with Crippen LogP contribution >= 0.6 is 27.5 Å². The molecule has 0 spiro atoms. The Hall–Kier alpha value is -1.10. The van der Waals surface area contributed by atoms with Crippen molar-refractivity contribution in [2.75, 3.05) is 6.54 Å². The third kappa shape index (κ3) is 4.70. The molecule has 1 N–H and O–H groups in total. The molecule has 3 nitrogen and oxygen atoms in total. The van der Waals surface area contributed by atoms with Crippen LogP contribution in [0.25, 0.3) is 0 Å². The topological polar surface area (TPSA) is 34.1 Å². The molecule has 0 aliphatic heterocycles. The number of pyridine rings is 1. The summed E-state index contributed by atoms with van der Waals surface area (Å²) in [6, 6.07) is 9.62. The summed E-state index contributed by atoms with van der Waals surface area (Å²) in [7, 11) is 0. The van der Waals surface area contributed by atoms with E-state index in [1.165, 1.54) is 0 Å². The van der Waals surface area contributed by atoms with Crippen molar-refractivity contribution >= 4 is 27.5 Å². The molecular formula is C16H18BrClN2O. The summed E-state index contributed by atoms with van der Waals surface area (Å²) in [5.41, 5.74) is 0.998. The third-order valence-corrected chi connectivity index (χ3v) is 3.81. The van der Waals surface area contributed by atoms with Crippen molar-refractivity contribution in [3.8, 4) is 11.5 Å². The van der Waals surface area contributed by atoms with Gasteiger partial charge < -0.3 is 10.1 Å². The molecule has 1 heterocycles. The van der Waals surface area contributed by atoms with Gasteiger partial charge in [0.1, 0.15) is 11.5 Å². The van der Waals surface area contributed by atoms with Gasteiger partial charge in [0.05, 0.1) is 16.9 Å². The van der Waals surface area contributed by atoms with E-state index in [0.717, 1.165) is 23.1 Å². The number of hydrogen-bond acceptors (Lipinski definition) is 3. The quantitative estimate of drug-likeness (QED) is 0.745. The molecule has 0 amide bonds. The molecule has 0 saturated heterocycles.